The molecule has 0 rings (SSSR count). The number of rotatable bonds is 5. The van der Waals surface area contributed by atoms with Crippen LogP contribution in [0.25, 0.3) is 0 Å². The Bertz CT molecular complexity index is 178. The van der Waals surface area contributed by atoms with Gasteiger partial charge in [-0.2, -0.15) is 0 Å². The average Bonchev–Trinajstić information content (AvgIpc) is 1.81. The zero-order valence-electron chi connectivity index (χ0n) is 9.60. The Morgan fingerprint density at radius 1 is 1.15 bits per heavy atom. The second-order valence-corrected chi connectivity index (χ2v) is 14.2. The molecule has 5 heteroatoms. The molecule has 0 aromatic rings. The third-order valence-corrected chi connectivity index (χ3v) is 10.1. The van der Waals surface area contributed by atoms with Crippen LogP contribution in [0.4, 0.5) is 0 Å². The smallest absolute Gasteiger partial charge is 0.311 e. The molecule has 0 aliphatic carbocycles. The van der Waals surface area contributed by atoms with Gasteiger partial charge in [-0.1, -0.05) is 5.70 Å². The van der Waals surface area contributed by atoms with Gasteiger partial charge in [0.1, 0.15) is 0 Å². The maximum absolute atomic E-state index is 6.05. The molecule has 0 unspecified atom stereocenters. The molecule has 0 atom stereocenters. The second kappa shape index (κ2) is 4.70. The van der Waals surface area contributed by atoms with Crippen molar-refractivity contribution in [2.75, 3.05) is 0 Å². The summed E-state index contributed by atoms with van der Waals surface area (Å²) >= 11 is 0. The minimum absolute atomic E-state index is 0.647. The van der Waals surface area contributed by atoms with Gasteiger partial charge in [0.05, 0.1) is 0 Å². The van der Waals surface area contributed by atoms with Crippen LogP contribution in [0.1, 0.15) is 0 Å². The molecule has 0 heterocycles. The summed E-state index contributed by atoms with van der Waals surface area (Å²) in [4.78, 5) is 0. The standard InChI is InChI=1S/C8H21O2Si3/c1-8-12(4,5)10-13(6,7)9-11(2)3/h8H,1H2,2-7H3. The highest BCUT2D eigenvalue weighted by molar-refractivity contribution is 6.86. The molecule has 13 heavy (non-hydrogen) atoms. The van der Waals surface area contributed by atoms with Crippen LogP contribution in [-0.4, -0.2) is 25.9 Å². The fourth-order valence-corrected chi connectivity index (χ4v) is 11.1. The van der Waals surface area contributed by atoms with Gasteiger partial charge in [-0.3, -0.25) is 0 Å². The average molecular weight is 234 g/mol. The molecule has 1 radical (unpaired) electrons. The van der Waals surface area contributed by atoms with Gasteiger partial charge in [0.15, 0.2) is 17.4 Å². The minimum Gasteiger partial charge on any atom is -0.437 e. The Balaban J connectivity index is 4.23. The lowest BCUT2D eigenvalue weighted by Gasteiger charge is -2.32. The molecule has 0 saturated heterocycles. The molecule has 0 N–H and O–H groups in total. The molecule has 0 bridgehead atoms. The quantitative estimate of drug-likeness (QED) is 0.680. The van der Waals surface area contributed by atoms with Crippen molar-refractivity contribution in [3.63, 3.8) is 0 Å². The van der Waals surface area contributed by atoms with E-state index >= 15 is 0 Å². The van der Waals surface area contributed by atoms with Gasteiger partial charge in [-0.25, -0.2) is 0 Å². The highest BCUT2D eigenvalue weighted by atomic mass is 28.5. The lowest BCUT2D eigenvalue weighted by atomic mass is 11.3. The summed E-state index contributed by atoms with van der Waals surface area (Å²) in [5, 5.41) is 0. The van der Waals surface area contributed by atoms with Crippen molar-refractivity contribution in [3.05, 3.63) is 12.3 Å². The van der Waals surface area contributed by atoms with Gasteiger partial charge >= 0.3 is 8.56 Å². The third-order valence-electron chi connectivity index (χ3n) is 1.45. The first-order valence-electron chi connectivity index (χ1n) is 4.51. The van der Waals surface area contributed by atoms with Crippen LogP contribution in [0, 0.1) is 0 Å². The molecule has 0 saturated carbocycles. The van der Waals surface area contributed by atoms with Crippen LogP contribution in [0.3, 0.4) is 0 Å². The van der Waals surface area contributed by atoms with E-state index in [0.29, 0.717) is 0 Å². The van der Waals surface area contributed by atoms with E-state index in [1.54, 1.807) is 0 Å². The highest BCUT2D eigenvalue weighted by Gasteiger charge is 2.33. The van der Waals surface area contributed by atoms with Crippen molar-refractivity contribution in [2.45, 2.75) is 39.3 Å². The summed E-state index contributed by atoms with van der Waals surface area (Å²) in [5.41, 5.74) is 1.96. The summed E-state index contributed by atoms with van der Waals surface area (Å²) < 4.78 is 11.9. The van der Waals surface area contributed by atoms with Crippen molar-refractivity contribution in [1.29, 1.82) is 0 Å². The first-order chi connectivity index (χ1) is 5.68. The molecule has 0 fully saturated rings. The lowest BCUT2D eigenvalue weighted by Crippen LogP contribution is -2.47. The van der Waals surface area contributed by atoms with E-state index in [4.69, 9.17) is 8.23 Å². The van der Waals surface area contributed by atoms with E-state index in [1.807, 2.05) is 5.70 Å². The predicted octanol–water partition coefficient (Wildman–Crippen LogP) is 2.90. The molecule has 0 aliphatic heterocycles. The summed E-state index contributed by atoms with van der Waals surface area (Å²) in [7, 11) is -4.20. The Morgan fingerprint density at radius 3 is 1.92 bits per heavy atom. The van der Waals surface area contributed by atoms with Crippen molar-refractivity contribution in [3.8, 4) is 0 Å². The predicted molar refractivity (Wildman–Crippen MR) is 64.8 cm³/mol. The normalized spacial score (nSPS) is 13.5. The molecule has 0 spiro atoms. The van der Waals surface area contributed by atoms with Gasteiger partial charge in [0.2, 0.25) is 0 Å². The monoisotopic (exact) mass is 233 g/mol. The van der Waals surface area contributed by atoms with Crippen molar-refractivity contribution < 1.29 is 8.23 Å². The fourth-order valence-electron chi connectivity index (χ4n) is 1.19. The van der Waals surface area contributed by atoms with E-state index in [0.717, 1.165) is 0 Å². The lowest BCUT2D eigenvalue weighted by molar-refractivity contribution is 0.407. The fraction of sp³-hybridized carbons (Fsp3) is 0.750. The van der Waals surface area contributed by atoms with Gasteiger partial charge in [-0.05, 0) is 39.3 Å². The van der Waals surface area contributed by atoms with Crippen molar-refractivity contribution >= 4 is 25.9 Å². The topological polar surface area (TPSA) is 18.5 Å². The van der Waals surface area contributed by atoms with Crippen LogP contribution < -0.4 is 0 Å². The molecule has 2 nitrogen and oxygen atoms in total. The zero-order chi connectivity index (χ0) is 10.7. The first kappa shape index (κ1) is 13.3. The van der Waals surface area contributed by atoms with E-state index in [9.17, 15) is 0 Å². The van der Waals surface area contributed by atoms with Crippen molar-refractivity contribution in [1.82, 2.24) is 0 Å². The van der Waals surface area contributed by atoms with Crippen LogP contribution in [0.2, 0.25) is 39.3 Å². The molecule has 0 aliphatic rings. The summed E-state index contributed by atoms with van der Waals surface area (Å²) in [6, 6.07) is 0. The van der Waals surface area contributed by atoms with E-state index < -0.39 is 25.9 Å². The van der Waals surface area contributed by atoms with Crippen LogP contribution in [-0.2, 0) is 8.23 Å². The summed E-state index contributed by atoms with van der Waals surface area (Å²) in [6.07, 6.45) is 0. The van der Waals surface area contributed by atoms with E-state index in [1.165, 1.54) is 0 Å². The maximum Gasteiger partial charge on any atom is 0.311 e. The van der Waals surface area contributed by atoms with Crippen LogP contribution in [0.15, 0.2) is 12.3 Å². The summed E-state index contributed by atoms with van der Waals surface area (Å²) in [5.74, 6) is 0. The molecule has 0 aromatic heterocycles. The Hall–Kier alpha value is 0.311. The Kier molecular flexibility index (Phi) is 4.81. The number of hydrogen-bond donors (Lipinski definition) is 0. The van der Waals surface area contributed by atoms with Gasteiger partial charge in [-0.15, -0.1) is 6.58 Å². The van der Waals surface area contributed by atoms with Crippen LogP contribution in [0.5, 0.6) is 0 Å². The molecular formula is C8H21O2Si3. The van der Waals surface area contributed by atoms with Crippen LogP contribution >= 0.6 is 0 Å². The largest absolute Gasteiger partial charge is 0.437 e. The maximum atomic E-state index is 6.05. The Labute approximate surface area is 86.1 Å². The first-order valence-corrected chi connectivity index (χ1v) is 12.7. The number of hydrogen-bond acceptors (Lipinski definition) is 2. The summed E-state index contributed by atoms with van der Waals surface area (Å²) in [6.45, 7) is 16.6. The molecule has 0 aromatic carbocycles. The van der Waals surface area contributed by atoms with Gasteiger partial charge in [0.25, 0.3) is 0 Å². The van der Waals surface area contributed by atoms with Gasteiger partial charge < -0.3 is 8.23 Å². The van der Waals surface area contributed by atoms with Crippen molar-refractivity contribution in [2.24, 2.45) is 0 Å². The molecular weight excluding hydrogens is 212 g/mol. The minimum atomic E-state index is -1.89. The molecule has 77 valence electrons. The second-order valence-electron chi connectivity index (χ2n) is 4.32. The SMILES string of the molecule is C=C[Si](C)(C)O[Si](C)(C)O[Si](C)C. The zero-order valence-corrected chi connectivity index (χ0v) is 12.6. The van der Waals surface area contributed by atoms with E-state index in [-0.39, 0.29) is 0 Å². The van der Waals surface area contributed by atoms with E-state index in [2.05, 4.69) is 45.9 Å². The highest BCUT2D eigenvalue weighted by Crippen LogP contribution is 2.16. The van der Waals surface area contributed by atoms with Gasteiger partial charge in [0, 0.05) is 0 Å². The molecule has 0 amide bonds. The Morgan fingerprint density at radius 2 is 1.62 bits per heavy atom. The third kappa shape index (κ3) is 6.39.